The first kappa shape index (κ1) is 12.2. The van der Waals surface area contributed by atoms with E-state index in [0.29, 0.717) is 29.9 Å². The number of hydrogen-bond acceptors (Lipinski definition) is 2. The van der Waals surface area contributed by atoms with Crippen molar-refractivity contribution in [1.82, 2.24) is 0 Å². The fourth-order valence-electron chi connectivity index (χ4n) is 2.28. The second kappa shape index (κ2) is 4.96. The first-order valence-corrected chi connectivity index (χ1v) is 5.98. The minimum atomic E-state index is -0.214. The van der Waals surface area contributed by atoms with Crippen LogP contribution in [0.15, 0.2) is 12.1 Å². The van der Waals surface area contributed by atoms with E-state index < -0.39 is 0 Å². The zero-order chi connectivity index (χ0) is 12.4. The second-order valence-corrected chi connectivity index (χ2v) is 4.67. The highest BCUT2D eigenvalue weighted by Crippen LogP contribution is 2.22. The molecule has 2 rings (SSSR count). The SMILES string of the molecule is Cc1cc(C(=O)C2CCOCC2)cc(C)c1F. The largest absolute Gasteiger partial charge is 0.381 e. The van der Waals surface area contributed by atoms with Gasteiger partial charge in [-0.2, -0.15) is 0 Å². The summed E-state index contributed by atoms with van der Waals surface area (Å²) in [4.78, 5) is 12.2. The molecule has 0 spiro atoms. The maximum absolute atomic E-state index is 13.5. The molecule has 0 N–H and O–H groups in total. The Morgan fingerprint density at radius 1 is 1.24 bits per heavy atom. The van der Waals surface area contributed by atoms with Gasteiger partial charge in [0, 0.05) is 24.7 Å². The second-order valence-electron chi connectivity index (χ2n) is 4.67. The van der Waals surface area contributed by atoms with Crippen LogP contribution in [0.5, 0.6) is 0 Å². The molecule has 1 heterocycles. The minimum absolute atomic E-state index is 0.0352. The number of halogens is 1. The van der Waals surface area contributed by atoms with Crippen LogP contribution in [0.4, 0.5) is 4.39 Å². The molecule has 1 fully saturated rings. The van der Waals surface area contributed by atoms with Crippen LogP contribution in [0.3, 0.4) is 0 Å². The normalized spacial score (nSPS) is 17.1. The standard InChI is InChI=1S/C14H17FO2/c1-9-7-12(8-10(2)13(9)15)14(16)11-3-5-17-6-4-11/h7-8,11H,3-6H2,1-2H3. The summed E-state index contributed by atoms with van der Waals surface area (Å²) in [5.41, 5.74) is 1.72. The molecule has 3 heteroatoms. The molecule has 0 atom stereocenters. The third-order valence-electron chi connectivity index (χ3n) is 3.31. The molecule has 17 heavy (non-hydrogen) atoms. The summed E-state index contributed by atoms with van der Waals surface area (Å²) in [6.07, 6.45) is 1.54. The number of carbonyl (C=O) groups is 1. The van der Waals surface area contributed by atoms with Gasteiger partial charge in [0.1, 0.15) is 5.82 Å². The monoisotopic (exact) mass is 236 g/mol. The molecule has 0 aliphatic carbocycles. The van der Waals surface area contributed by atoms with Crippen LogP contribution in [0.1, 0.15) is 34.3 Å². The first-order valence-electron chi connectivity index (χ1n) is 5.98. The van der Waals surface area contributed by atoms with Crippen molar-refractivity contribution in [2.24, 2.45) is 5.92 Å². The van der Waals surface area contributed by atoms with Crippen molar-refractivity contribution in [2.45, 2.75) is 26.7 Å². The van der Waals surface area contributed by atoms with Crippen molar-refractivity contribution in [2.75, 3.05) is 13.2 Å². The van der Waals surface area contributed by atoms with Gasteiger partial charge in [0.2, 0.25) is 0 Å². The molecule has 1 saturated heterocycles. The van der Waals surface area contributed by atoms with Crippen LogP contribution in [0, 0.1) is 25.6 Å². The van der Waals surface area contributed by atoms with E-state index in [9.17, 15) is 9.18 Å². The highest BCUT2D eigenvalue weighted by Gasteiger charge is 2.23. The summed E-state index contributed by atoms with van der Waals surface area (Å²) >= 11 is 0. The van der Waals surface area contributed by atoms with E-state index in [1.165, 1.54) is 0 Å². The van der Waals surface area contributed by atoms with Crippen molar-refractivity contribution in [3.05, 3.63) is 34.6 Å². The fraction of sp³-hybridized carbons (Fsp3) is 0.500. The van der Waals surface area contributed by atoms with Gasteiger partial charge in [0.15, 0.2) is 5.78 Å². The lowest BCUT2D eigenvalue weighted by Crippen LogP contribution is -2.23. The summed E-state index contributed by atoms with van der Waals surface area (Å²) in [6.45, 7) is 4.69. The lowest BCUT2D eigenvalue weighted by molar-refractivity contribution is 0.0544. The van der Waals surface area contributed by atoms with E-state index in [4.69, 9.17) is 4.74 Å². The number of ether oxygens (including phenoxy) is 1. The quantitative estimate of drug-likeness (QED) is 0.738. The van der Waals surface area contributed by atoms with Crippen LogP contribution in [0.2, 0.25) is 0 Å². The minimum Gasteiger partial charge on any atom is -0.381 e. The Morgan fingerprint density at radius 3 is 2.29 bits per heavy atom. The molecular formula is C14H17FO2. The molecule has 0 unspecified atom stereocenters. The molecule has 1 aliphatic rings. The van der Waals surface area contributed by atoms with Gasteiger partial charge in [0.05, 0.1) is 0 Å². The Kier molecular flexibility index (Phi) is 3.57. The van der Waals surface area contributed by atoms with Crippen molar-refractivity contribution < 1.29 is 13.9 Å². The lowest BCUT2D eigenvalue weighted by Gasteiger charge is -2.21. The number of carbonyl (C=O) groups excluding carboxylic acids is 1. The Bertz CT molecular complexity index is 411. The molecule has 2 nitrogen and oxygen atoms in total. The average Bonchev–Trinajstić information content (AvgIpc) is 2.35. The number of Topliss-reactive ketones (excluding diaryl/α,β-unsaturated/α-hetero) is 1. The predicted molar refractivity (Wildman–Crippen MR) is 63.7 cm³/mol. The number of hydrogen-bond donors (Lipinski definition) is 0. The van der Waals surface area contributed by atoms with Crippen LogP contribution in [0.25, 0.3) is 0 Å². The Labute approximate surface area is 101 Å². The van der Waals surface area contributed by atoms with Crippen LogP contribution in [-0.2, 0) is 4.74 Å². The van der Waals surface area contributed by atoms with E-state index in [1.807, 2.05) is 0 Å². The topological polar surface area (TPSA) is 26.3 Å². The van der Waals surface area contributed by atoms with Crippen molar-refractivity contribution in [1.29, 1.82) is 0 Å². The van der Waals surface area contributed by atoms with E-state index in [2.05, 4.69) is 0 Å². The van der Waals surface area contributed by atoms with Gasteiger partial charge in [-0.1, -0.05) is 0 Å². The zero-order valence-electron chi connectivity index (χ0n) is 10.3. The van der Waals surface area contributed by atoms with Crippen LogP contribution in [-0.4, -0.2) is 19.0 Å². The molecule has 0 bridgehead atoms. The summed E-state index contributed by atoms with van der Waals surface area (Å²) in [5.74, 6) is -0.0546. The Morgan fingerprint density at radius 2 is 1.76 bits per heavy atom. The molecule has 92 valence electrons. The molecular weight excluding hydrogens is 219 g/mol. The molecule has 0 saturated carbocycles. The van der Waals surface area contributed by atoms with Gasteiger partial charge in [-0.25, -0.2) is 4.39 Å². The van der Waals surface area contributed by atoms with Crippen LogP contribution >= 0.6 is 0 Å². The predicted octanol–water partition coefficient (Wildman–Crippen LogP) is 3.05. The molecule has 1 aliphatic heterocycles. The fourth-order valence-corrected chi connectivity index (χ4v) is 2.28. The molecule has 0 aromatic heterocycles. The smallest absolute Gasteiger partial charge is 0.166 e. The van der Waals surface area contributed by atoms with E-state index in [0.717, 1.165) is 12.8 Å². The highest BCUT2D eigenvalue weighted by molar-refractivity contribution is 5.98. The Balaban J connectivity index is 2.24. The van der Waals surface area contributed by atoms with Gasteiger partial charge >= 0.3 is 0 Å². The number of ketones is 1. The summed E-state index contributed by atoms with van der Waals surface area (Å²) in [7, 11) is 0. The van der Waals surface area contributed by atoms with Crippen molar-refractivity contribution in [3.63, 3.8) is 0 Å². The van der Waals surface area contributed by atoms with Crippen LogP contribution < -0.4 is 0 Å². The number of rotatable bonds is 2. The Hall–Kier alpha value is -1.22. The first-order chi connectivity index (χ1) is 8.09. The molecule has 1 aromatic carbocycles. The zero-order valence-corrected chi connectivity index (χ0v) is 10.3. The van der Waals surface area contributed by atoms with Gasteiger partial charge in [-0.15, -0.1) is 0 Å². The maximum Gasteiger partial charge on any atom is 0.166 e. The number of aryl methyl sites for hydroxylation is 2. The van der Waals surface area contributed by atoms with Gasteiger partial charge in [-0.3, -0.25) is 4.79 Å². The number of benzene rings is 1. The van der Waals surface area contributed by atoms with E-state index in [1.54, 1.807) is 26.0 Å². The van der Waals surface area contributed by atoms with E-state index >= 15 is 0 Å². The van der Waals surface area contributed by atoms with Crippen molar-refractivity contribution >= 4 is 5.78 Å². The molecule has 0 amide bonds. The lowest BCUT2D eigenvalue weighted by atomic mass is 9.89. The summed E-state index contributed by atoms with van der Waals surface area (Å²) in [6, 6.07) is 3.31. The maximum atomic E-state index is 13.5. The van der Waals surface area contributed by atoms with E-state index in [-0.39, 0.29) is 17.5 Å². The third kappa shape index (κ3) is 2.55. The van der Waals surface area contributed by atoms with Crippen molar-refractivity contribution in [3.8, 4) is 0 Å². The molecule has 0 radical (unpaired) electrons. The summed E-state index contributed by atoms with van der Waals surface area (Å²) in [5, 5.41) is 0. The molecule has 1 aromatic rings. The van der Waals surface area contributed by atoms with Gasteiger partial charge < -0.3 is 4.74 Å². The third-order valence-corrected chi connectivity index (χ3v) is 3.31. The van der Waals surface area contributed by atoms with Gasteiger partial charge in [-0.05, 0) is 49.9 Å². The average molecular weight is 236 g/mol. The summed E-state index contributed by atoms with van der Waals surface area (Å²) < 4.78 is 18.7. The van der Waals surface area contributed by atoms with Gasteiger partial charge in [0.25, 0.3) is 0 Å². The highest BCUT2D eigenvalue weighted by atomic mass is 19.1.